The largest absolute Gasteiger partial charge is 0.388 e. The number of aryl methyl sites for hydroxylation is 1. The van der Waals surface area contributed by atoms with Gasteiger partial charge < -0.3 is 20.3 Å². The van der Waals surface area contributed by atoms with Crippen LogP contribution >= 0.6 is 0 Å². The number of carbonyl (C=O) groups excluding carboxylic acids is 1. The molecule has 156 valence electrons. The SMILES string of the molecule is Cc1cc(F)ccc1CC(=O)N[C@@H]1CO[C@H](Cn2ccc(=O)[nH]c2=O)[C@@H](O)[C@H]1O. The number of aliphatic hydroxyl groups excluding tert-OH is 2. The smallest absolute Gasteiger partial charge is 0.328 e. The monoisotopic (exact) mass is 407 g/mol. The normalized spacial score (nSPS) is 24.3. The first kappa shape index (κ1) is 20.9. The van der Waals surface area contributed by atoms with Crippen LogP contribution in [0.4, 0.5) is 4.39 Å². The van der Waals surface area contributed by atoms with Crippen molar-refractivity contribution in [3.8, 4) is 0 Å². The fourth-order valence-electron chi connectivity index (χ4n) is 3.24. The lowest BCUT2D eigenvalue weighted by Gasteiger charge is -2.38. The van der Waals surface area contributed by atoms with Crippen LogP contribution in [0.25, 0.3) is 0 Å². The van der Waals surface area contributed by atoms with Gasteiger partial charge in [-0.2, -0.15) is 0 Å². The molecule has 0 radical (unpaired) electrons. The first-order valence-corrected chi connectivity index (χ1v) is 9.06. The molecule has 0 unspecified atom stereocenters. The average Bonchev–Trinajstić information content (AvgIpc) is 2.65. The highest BCUT2D eigenvalue weighted by Crippen LogP contribution is 2.17. The van der Waals surface area contributed by atoms with Crippen molar-refractivity contribution in [2.24, 2.45) is 0 Å². The topological polar surface area (TPSA) is 134 Å². The summed E-state index contributed by atoms with van der Waals surface area (Å²) in [6.07, 6.45) is -2.32. The van der Waals surface area contributed by atoms with Crippen LogP contribution in [0.3, 0.4) is 0 Å². The molecule has 0 spiro atoms. The first-order chi connectivity index (χ1) is 13.7. The Hall–Kier alpha value is -2.82. The third kappa shape index (κ3) is 4.97. The molecule has 4 atom stereocenters. The number of amides is 1. The molecule has 1 saturated heterocycles. The number of nitrogens with one attached hydrogen (secondary N) is 2. The molecular formula is C19H22FN3O6. The molecule has 2 aromatic rings. The maximum absolute atomic E-state index is 13.2. The van der Waals surface area contributed by atoms with Crippen LogP contribution in [0.5, 0.6) is 0 Å². The van der Waals surface area contributed by atoms with E-state index < -0.39 is 47.3 Å². The number of benzene rings is 1. The lowest BCUT2D eigenvalue weighted by molar-refractivity contribution is -0.158. The number of hydrogen-bond acceptors (Lipinski definition) is 6. The third-order valence-electron chi connectivity index (χ3n) is 4.91. The van der Waals surface area contributed by atoms with Crippen LogP contribution < -0.4 is 16.6 Å². The number of aromatic amines is 1. The number of carbonyl (C=O) groups is 1. The molecule has 2 heterocycles. The van der Waals surface area contributed by atoms with Gasteiger partial charge in [0, 0.05) is 12.3 Å². The van der Waals surface area contributed by atoms with Gasteiger partial charge in [0.1, 0.15) is 24.1 Å². The van der Waals surface area contributed by atoms with Gasteiger partial charge >= 0.3 is 5.69 Å². The van der Waals surface area contributed by atoms with Crippen LogP contribution in [-0.4, -0.2) is 56.6 Å². The lowest BCUT2D eigenvalue weighted by atomic mass is 9.97. The van der Waals surface area contributed by atoms with E-state index in [0.717, 1.165) is 10.6 Å². The number of H-pyrrole nitrogens is 1. The second kappa shape index (κ2) is 8.68. The average molecular weight is 407 g/mol. The van der Waals surface area contributed by atoms with Crippen molar-refractivity contribution >= 4 is 5.91 Å². The third-order valence-corrected chi connectivity index (χ3v) is 4.91. The molecule has 0 bridgehead atoms. The number of nitrogens with zero attached hydrogens (tertiary/aromatic N) is 1. The van der Waals surface area contributed by atoms with E-state index in [1.54, 1.807) is 6.92 Å². The second-order valence-corrected chi connectivity index (χ2v) is 7.04. The Bertz CT molecular complexity index is 1000. The van der Waals surface area contributed by atoms with Crippen molar-refractivity contribution in [1.29, 1.82) is 0 Å². The Morgan fingerprint density at radius 3 is 2.76 bits per heavy atom. The van der Waals surface area contributed by atoms with Gasteiger partial charge in [0.15, 0.2) is 0 Å². The van der Waals surface area contributed by atoms with Gasteiger partial charge in [0.25, 0.3) is 5.56 Å². The lowest BCUT2D eigenvalue weighted by Crippen LogP contribution is -2.60. The first-order valence-electron chi connectivity index (χ1n) is 9.06. The minimum Gasteiger partial charge on any atom is -0.388 e. The zero-order chi connectivity index (χ0) is 21.1. The maximum Gasteiger partial charge on any atom is 0.328 e. The summed E-state index contributed by atoms with van der Waals surface area (Å²) in [7, 11) is 0. The van der Waals surface area contributed by atoms with Crippen LogP contribution in [0.2, 0.25) is 0 Å². The van der Waals surface area contributed by atoms with Crippen molar-refractivity contribution in [1.82, 2.24) is 14.9 Å². The van der Waals surface area contributed by atoms with E-state index in [1.807, 2.05) is 0 Å². The fourth-order valence-corrected chi connectivity index (χ4v) is 3.24. The standard InChI is InChI=1S/C19H22FN3O6/c1-10-6-12(20)3-2-11(10)7-16(25)21-13-9-29-14(18(27)17(13)26)8-23-5-4-15(24)22-19(23)28/h2-6,13-14,17-18,26-27H,7-9H2,1H3,(H,21,25)(H,22,24,28)/t13-,14-,17+,18-/m1/s1. The van der Waals surface area contributed by atoms with Gasteiger partial charge in [-0.3, -0.25) is 19.1 Å². The number of rotatable bonds is 5. The Kier molecular flexibility index (Phi) is 6.26. The Balaban J connectivity index is 1.60. The number of aromatic nitrogens is 2. The quantitative estimate of drug-likeness (QED) is 0.494. The van der Waals surface area contributed by atoms with E-state index in [2.05, 4.69) is 10.3 Å². The summed E-state index contributed by atoms with van der Waals surface area (Å²) in [6.45, 7) is 1.54. The fraction of sp³-hybridized carbons (Fsp3) is 0.421. The van der Waals surface area contributed by atoms with Crippen molar-refractivity contribution < 1.29 is 24.1 Å². The summed E-state index contributed by atoms with van der Waals surface area (Å²) in [6, 6.07) is 4.43. The van der Waals surface area contributed by atoms with Crippen LogP contribution in [0.15, 0.2) is 40.1 Å². The van der Waals surface area contributed by atoms with Gasteiger partial charge in [-0.1, -0.05) is 6.07 Å². The molecule has 9 nitrogen and oxygen atoms in total. The van der Waals surface area contributed by atoms with Gasteiger partial charge in [-0.25, -0.2) is 9.18 Å². The van der Waals surface area contributed by atoms with Crippen molar-refractivity contribution in [3.05, 3.63) is 68.2 Å². The number of aliphatic hydroxyl groups is 2. The van der Waals surface area contributed by atoms with Gasteiger partial charge in [-0.15, -0.1) is 0 Å². The predicted molar refractivity (Wildman–Crippen MR) is 99.8 cm³/mol. The summed E-state index contributed by atoms with van der Waals surface area (Å²) in [5, 5.41) is 23.3. The molecule has 0 saturated carbocycles. The molecule has 1 fully saturated rings. The summed E-state index contributed by atoms with van der Waals surface area (Å²) in [4.78, 5) is 37.3. The van der Waals surface area contributed by atoms with Crippen LogP contribution in [-0.2, 0) is 22.5 Å². The Morgan fingerprint density at radius 2 is 2.07 bits per heavy atom. The highest BCUT2D eigenvalue weighted by atomic mass is 19.1. The van der Waals surface area contributed by atoms with E-state index in [-0.39, 0.29) is 19.6 Å². The van der Waals surface area contributed by atoms with E-state index in [4.69, 9.17) is 4.74 Å². The van der Waals surface area contributed by atoms with Crippen LogP contribution in [0, 0.1) is 12.7 Å². The summed E-state index contributed by atoms with van der Waals surface area (Å²) in [5.41, 5.74) is 0.0708. The number of ether oxygens (including phenoxy) is 1. The highest BCUT2D eigenvalue weighted by molar-refractivity contribution is 5.79. The molecule has 0 aliphatic carbocycles. The second-order valence-electron chi connectivity index (χ2n) is 7.04. The molecule has 3 rings (SSSR count). The summed E-state index contributed by atoms with van der Waals surface area (Å²) >= 11 is 0. The van der Waals surface area contributed by atoms with E-state index >= 15 is 0 Å². The molecule has 1 amide bonds. The molecule has 1 aromatic heterocycles. The van der Waals surface area contributed by atoms with Crippen molar-refractivity contribution in [2.75, 3.05) is 6.61 Å². The van der Waals surface area contributed by atoms with Crippen molar-refractivity contribution in [3.63, 3.8) is 0 Å². The van der Waals surface area contributed by atoms with Crippen molar-refractivity contribution in [2.45, 2.75) is 44.2 Å². The van der Waals surface area contributed by atoms with E-state index in [9.17, 15) is 29.0 Å². The molecular weight excluding hydrogens is 385 g/mol. The highest BCUT2D eigenvalue weighted by Gasteiger charge is 2.39. The molecule has 1 aliphatic heterocycles. The Labute approximate surface area is 164 Å². The minimum atomic E-state index is -1.36. The molecule has 10 heteroatoms. The molecule has 29 heavy (non-hydrogen) atoms. The van der Waals surface area contributed by atoms with Gasteiger partial charge in [0.2, 0.25) is 5.91 Å². The molecule has 1 aromatic carbocycles. The van der Waals surface area contributed by atoms with Gasteiger partial charge in [-0.05, 0) is 30.2 Å². The number of hydrogen-bond donors (Lipinski definition) is 4. The number of halogens is 1. The summed E-state index contributed by atoms with van der Waals surface area (Å²) in [5.74, 6) is -0.798. The zero-order valence-corrected chi connectivity index (χ0v) is 15.7. The summed E-state index contributed by atoms with van der Waals surface area (Å²) < 4.78 is 19.9. The predicted octanol–water partition coefficient (Wildman–Crippen LogP) is -1.17. The zero-order valence-electron chi connectivity index (χ0n) is 15.7. The van der Waals surface area contributed by atoms with Gasteiger partial charge in [0.05, 0.1) is 25.6 Å². The molecule has 4 N–H and O–H groups in total. The van der Waals surface area contributed by atoms with Crippen LogP contribution in [0.1, 0.15) is 11.1 Å². The minimum absolute atomic E-state index is 0.0123. The Morgan fingerprint density at radius 1 is 1.31 bits per heavy atom. The molecule has 1 aliphatic rings. The van der Waals surface area contributed by atoms with E-state index in [1.165, 1.54) is 24.4 Å². The van der Waals surface area contributed by atoms with E-state index in [0.29, 0.717) is 11.1 Å². The maximum atomic E-state index is 13.2.